The van der Waals surface area contributed by atoms with Gasteiger partial charge in [-0.2, -0.15) is 0 Å². The van der Waals surface area contributed by atoms with Gasteiger partial charge in [-0.3, -0.25) is 4.40 Å². The third-order valence-corrected chi connectivity index (χ3v) is 5.72. The molecule has 0 saturated carbocycles. The molecule has 9 heteroatoms. The van der Waals surface area contributed by atoms with Gasteiger partial charge in [-0.25, -0.2) is 23.5 Å². The first-order chi connectivity index (χ1) is 14.4. The molecule has 4 aromatic rings. The monoisotopic (exact) mass is 423 g/mol. The molecule has 0 aliphatic rings. The molecule has 8 nitrogen and oxygen atoms in total. The van der Waals surface area contributed by atoms with Gasteiger partial charge in [-0.05, 0) is 48.9 Å². The van der Waals surface area contributed by atoms with Gasteiger partial charge in [0, 0.05) is 24.5 Å². The molecule has 0 fully saturated rings. The topological polar surface area (TPSA) is 112 Å². The van der Waals surface area contributed by atoms with Gasteiger partial charge < -0.3 is 10.1 Å². The zero-order valence-electron chi connectivity index (χ0n) is 16.5. The summed E-state index contributed by atoms with van der Waals surface area (Å²) in [5.41, 5.74) is 4.49. The molecular weight excluding hydrogens is 402 g/mol. The summed E-state index contributed by atoms with van der Waals surface area (Å²) in [5.74, 6) is 1.43. The zero-order chi connectivity index (χ0) is 21.3. The van der Waals surface area contributed by atoms with Crippen molar-refractivity contribution in [3.8, 4) is 17.0 Å². The number of hydrogen-bond acceptors (Lipinski definition) is 6. The highest BCUT2D eigenvalue weighted by Gasteiger charge is 2.14. The first-order valence-electron chi connectivity index (χ1n) is 9.20. The van der Waals surface area contributed by atoms with E-state index in [9.17, 15) is 8.42 Å². The number of anilines is 1. The second-order valence-corrected chi connectivity index (χ2v) is 8.35. The van der Waals surface area contributed by atoms with Crippen molar-refractivity contribution >= 4 is 21.5 Å². The second kappa shape index (κ2) is 7.77. The van der Waals surface area contributed by atoms with E-state index >= 15 is 0 Å². The van der Waals surface area contributed by atoms with Crippen LogP contribution in [0.5, 0.6) is 5.75 Å². The molecule has 0 amide bonds. The summed E-state index contributed by atoms with van der Waals surface area (Å²) < 4.78 is 30.0. The van der Waals surface area contributed by atoms with Crippen LogP contribution in [0, 0.1) is 6.92 Å². The van der Waals surface area contributed by atoms with Crippen molar-refractivity contribution in [1.29, 1.82) is 0 Å². The quantitative estimate of drug-likeness (QED) is 0.493. The summed E-state index contributed by atoms with van der Waals surface area (Å²) in [6.07, 6.45) is 3.59. The van der Waals surface area contributed by atoms with E-state index in [0.717, 1.165) is 28.3 Å². The van der Waals surface area contributed by atoms with Crippen LogP contribution < -0.4 is 15.2 Å². The molecule has 0 saturated heterocycles. The Kier molecular flexibility index (Phi) is 5.15. The Balaban J connectivity index is 1.62. The third-order valence-electron chi connectivity index (χ3n) is 4.79. The first kappa shape index (κ1) is 19.9. The lowest BCUT2D eigenvalue weighted by atomic mass is 10.1. The normalized spacial score (nSPS) is 11.6. The number of hydrogen-bond donors (Lipinski definition) is 2. The lowest BCUT2D eigenvalue weighted by Gasteiger charge is -2.09. The van der Waals surface area contributed by atoms with Crippen LogP contribution in [0.3, 0.4) is 0 Å². The molecule has 2 aromatic carbocycles. The number of fused-ring (bicyclic) bond motifs is 1. The van der Waals surface area contributed by atoms with Gasteiger partial charge in [0.2, 0.25) is 10.0 Å². The number of ether oxygens (including phenoxy) is 1. The molecule has 30 heavy (non-hydrogen) atoms. The maximum Gasteiger partial charge on any atom is 0.238 e. The molecule has 0 atom stereocenters. The zero-order valence-corrected chi connectivity index (χ0v) is 17.3. The Bertz CT molecular complexity index is 1300. The van der Waals surface area contributed by atoms with Gasteiger partial charge in [0.05, 0.1) is 23.4 Å². The number of sulfonamides is 1. The lowest BCUT2D eigenvalue weighted by molar-refractivity contribution is 0.415. The fourth-order valence-corrected chi connectivity index (χ4v) is 3.81. The fraction of sp³-hybridized carbons (Fsp3) is 0.143. The minimum atomic E-state index is -3.70. The second-order valence-electron chi connectivity index (χ2n) is 6.79. The van der Waals surface area contributed by atoms with Gasteiger partial charge in [0.15, 0.2) is 11.5 Å². The summed E-state index contributed by atoms with van der Waals surface area (Å²) in [6.45, 7) is 2.42. The Morgan fingerprint density at radius 2 is 1.80 bits per heavy atom. The molecule has 0 unspecified atom stereocenters. The van der Waals surface area contributed by atoms with Gasteiger partial charge >= 0.3 is 0 Å². The minimum Gasteiger partial charge on any atom is -0.497 e. The SMILES string of the molecule is COc1ccc(-c2c(C)nc3c(NCc4ccc(S(N)(=O)=O)cc4)nccn23)cc1. The average molecular weight is 423 g/mol. The molecule has 2 heterocycles. The maximum absolute atomic E-state index is 11.4. The molecule has 4 rings (SSSR count). The van der Waals surface area contributed by atoms with E-state index < -0.39 is 10.0 Å². The highest BCUT2D eigenvalue weighted by Crippen LogP contribution is 2.28. The van der Waals surface area contributed by atoms with Gasteiger partial charge in [-0.1, -0.05) is 12.1 Å². The van der Waals surface area contributed by atoms with Crippen molar-refractivity contribution in [2.45, 2.75) is 18.4 Å². The molecule has 0 bridgehead atoms. The van der Waals surface area contributed by atoms with Gasteiger partial charge in [0.25, 0.3) is 0 Å². The standard InChI is InChI=1S/C21H21N5O3S/c1-14-19(16-5-7-17(29-2)8-6-16)26-12-11-23-20(21(26)25-14)24-13-15-3-9-18(10-4-15)30(22,27)28/h3-12H,13H2,1-2H3,(H,23,24)(H2,22,27,28). The summed E-state index contributed by atoms with van der Waals surface area (Å²) in [4.78, 5) is 9.21. The average Bonchev–Trinajstić information content (AvgIpc) is 3.08. The van der Waals surface area contributed by atoms with E-state index in [1.807, 2.05) is 41.8 Å². The Morgan fingerprint density at radius 1 is 1.10 bits per heavy atom. The number of nitrogens with two attached hydrogens (primary N) is 1. The summed E-state index contributed by atoms with van der Waals surface area (Å²) in [6, 6.07) is 14.2. The van der Waals surface area contributed by atoms with Crippen LogP contribution in [-0.4, -0.2) is 29.9 Å². The third kappa shape index (κ3) is 3.85. The molecule has 154 valence electrons. The molecule has 3 N–H and O–H groups in total. The van der Waals surface area contributed by atoms with Crippen molar-refractivity contribution in [2.75, 3.05) is 12.4 Å². The molecular formula is C21H21N5O3S. The molecule has 0 aliphatic carbocycles. The highest BCUT2D eigenvalue weighted by atomic mass is 32.2. The predicted octanol–water partition coefficient (Wildman–Crippen LogP) is 2.97. The summed E-state index contributed by atoms with van der Waals surface area (Å²) >= 11 is 0. The van der Waals surface area contributed by atoms with Gasteiger partial charge in [-0.15, -0.1) is 0 Å². The number of primary sulfonamides is 1. The lowest BCUT2D eigenvalue weighted by Crippen LogP contribution is -2.12. The van der Waals surface area contributed by atoms with E-state index in [2.05, 4.69) is 10.3 Å². The molecule has 0 spiro atoms. The fourth-order valence-electron chi connectivity index (χ4n) is 3.29. The smallest absolute Gasteiger partial charge is 0.238 e. The van der Waals surface area contributed by atoms with Crippen molar-refractivity contribution < 1.29 is 13.2 Å². The number of nitrogens with one attached hydrogen (secondary N) is 1. The van der Waals surface area contributed by atoms with Crippen LogP contribution in [0.2, 0.25) is 0 Å². The van der Waals surface area contributed by atoms with Crippen LogP contribution in [0.1, 0.15) is 11.3 Å². The number of nitrogens with zero attached hydrogens (tertiary/aromatic N) is 3. The number of benzene rings is 2. The summed E-state index contributed by atoms with van der Waals surface area (Å²) in [5, 5.41) is 8.42. The largest absolute Gasteiger partial charge is 0.497 e. The van der Waals surface area contributed by atoms with Crippen LogP contribution in [0.15, 0.2) is 65.8 Å². The van der Waals surface area contributed by atoms with Crippen LogP contribution >= 0.6 is 0 Å². The molecule has 2 aromatic heterocycles. The summed E-state index contributed by atoms with van der Waals surface area (Å²) in [7, 11) is -2.06. The van der Waals surface area contributed by atoms with E-state index in [1.165, 1.54) is 12.1 Å². The van der Waals surface area contributed by atoms with Gasteiger partial charge in [0.1, 0.15) is 5.75 Å². The Morgan fingerprint density at radius 3 is 2.43 bits per heavy atom. The Hall–Kier alpha value is -3.43. The molecule has 0 aliphatic heterocycles. The van der Waals surface area contributed by atoms with Crippen molar-refractivity contribution in [3.63, 3.8) is 0 Å². The minimum absolute atomic E-state index is 0.0829. The number of rotatable bonds is 6. The van der Waals surface area contributed by atoms with Crippen molar-refractivity contribution in [1.82, 2.24) is 14.4 Å². The number of methoxy groups -OCH3 is 1. The van der Waals surface area contributed by atoms with E-state index in [1.54, 1.807) is 25.4 Å². The Labute approximate surface area is 174 Å². The predicted molar refractivity (Wildman–Crippen MR) is 115 cm³/mol. The number of aromatic nitrogens is 3. The first-order valence-corrected chi connectivity index (χ1v) is 10.7. The van der Waals surface area contributed by atoms with Crippen molar-refractivity contribution in [3.05, 3.63) is 72.2 Å². The van der Waals surface area contributed by atoms with E-state index in [0.29, 0.717) is 18.0 Å². The van der Waals surface area contributed by atoms with E-state index in [4.69, 9.17) is 14.9 Å². The number of imidazole rings is 1. The molecule has 0 radical (unpaired) electrons. The van der Waals surface area contributed by atoms with Crippen LogP contribution in [-0.2, 0) is 16.6 Å². The maximum atomic E-state index is 11.4. The van der Waals surface area contributed by atoms with E-state index in [-0.39, 0.29) is 4.90 Å². The number of aryl methyl sites for hydroxylation is 1. The highest BCUT2D eigenvalue weighted by molar-refractivity contribution is 7.89. The van der Waals surface area contributed by atoms with Crippen molar-refractivity contribution in [2.24, 2.45) is 5.14 Å². The van der Waals surface area contributed by atoms with Crippen LogP contribution in [0.4, 0.5) is 5.82 Å². The van der Waals surface area contributed by atoms with Crippen LogP contribution in [0.25, 0.3) is 16.9 Å².